The third-order valence-electron chi connectivity index (χ3n) is 4.36. The normalized spacial score (nSPS) is 39.4. The molecule has 2 heterocycles. The number of rotatable bonds is 3. The summed E-state index contributed by atoms with van der Waals surface area (Å²) < 4.78 is 0. The van der Waals surface area contributed by atoms with Gasteiger partial charge in [-0.3, -0.25) is 4.90 Å². The van der Waals surface area contributed by atoms with Crippen molar-refractivity contribution >= 4 is 0 Å². The Morgan fingerprint density at radius 3 is 2.20 bits per heavy atom. The van der Waals surface area contributed by atoms with Crippen molar-refractivity contribution in [3.8, 4) is 0 Å². The highest BCUT2D eigenvalue weighted by atomic mass is 16.3. The molecular weight excluding hydrogens is 188 g/mol. The first-order chi connectivity index (χ1) is 7.08. The fourth-order valence-corrected chi connectivity index (χ4v) is 3.03. The summed E-state index contributed by atoms with van der Waals surface area (Å²) in [5, 5.41) is 13.3. The lowest BCUT2D eigenvalue weighted by atomic mass is 9.96. The lowest BCUT2D eigenvalue weighted by molar-refractivity contribution is 0.0456. The summed E-state index contributed by atoms with van der Waals surface area (Å²) in [6.07, 6.45) is 4.96. The second-order valence-corrected chi connectivity index (χ2v) is 5.41. The number of aliphatic hydroxyl groups is 1. The van der Waals surface area contributed by atoms with Gasteiger partial charge in [0.05, 0.1) is 6.10 Å². The van der Waals surface area contributed by atoms with Gasteiger partial charge in [-0.15, -0.1) is 0 Å². The molecule has 0 aromatic heterocycles. The lowest BCUT2D eigenvalue weighted by Crippen LogP contribution is -2.51. The predicted molar refractivity (Wildman–Crippen MR) is 61.9 cm³/mol. The molecule has 0 saturated carbocycles. The van der Waals surface area contributed by atoms with Gasteiger partial charge in [-0.1, -0.05) is 0 Å². The van der Waals surface area contributed by atoms with Crippen LogP contribution in [0.2, 0.25) is 0 Å². The monoisotopic (exact) mass is 212 g/mol. The summed E-state index contributed by atoms with van der Waals surface area (Å²) in [5.74, 6) is 0. The van der Waals surface area contributed by atoms with Crippen molar-refractivity contribution in [2.24, 2.45) is 0 Å². The van der Waals surface area contributed by atoms with Gasteiger partial charge in [-0.25, -0.2) is 0 Å². The van der Waals surface area contributed by atoms with E-state index in [9.17, 15) is 5.11 Å². The largest absolute Gasteiger partial charge is 0.392 e. The molecule has 2 saturated heterocycles. The van der Waals surface area contributed by atoms with Crippen molar-refractivity contribution in [1.82, 2.24) is 10.2 Å². The lowest BCUT2D eigenvalue weighted by Gasteiger charge is -2.39. The van der Waals surface area contributed by atoms with E-state index in [4.69, 9.17) is 0 Å². The molecule has 0 spiro atoms. The van der Waals surface area contributed by atoms with Crippen LogP contribution in [-0.4, -0.2) is 47.3 Å². The molecule has 2 aliphatic rings. The average Bonchev–Trinajstić information content (AvgIpc) is 2.55. The van der Waals surface area contributed by atoms with Crippen LogP contribution in [0.25, 0.3) is 0 Å². The van der Waals surface area contributed by atoms with Crippen LogP contribution in [0.3, 0.4) is 0 Å². The van der Waals surface area contributed by atoms with Gasteiger partial charge in [-0.2, -0.15) is 0 Å². The van der Waals surface area contributed by atoms with E-state index in [1.54, 1.807) is 0 Å². The molecular formula is C12H24N2O. The Labute approximate surface area is 92.8 Å². The van der Waals surface area contributed by atoms with E-state index in [-0.39, 0.29) is 12.1 Å². The van der Waals surface area contributed by atoms with Crippen LogP contribution in [0.4, 0.5) is 0 Å². The molecule has 2 N–H and O–H groups in total. The molecule has 15 heavy (non-hydrogen) atoms. The highest BCUT2D eigenvalue weighted by Crippen LogP contribution is 2.30. The third-order valence-corrected chi connectivity index (χ3v) is 4.36. The maximum Gasteiger partial charge on any atom is 0.0664 e. The van der Waals surface area contributed by atoms with Crippen LogP contribution in [0.5, 0.6) is 0 Å². The zero-order chi connectivity index (χ0) is 11.0. The van der Waals surface area contributed by atoms with E-state index in [0.29, 0.717) is 6.04 Å². The number of nitrogens with zero attached hydrogens (tertiary/aromatic N) is 1. The number of fused-ring (bicyclic) bond motifs is 2. The molecule has 2 bridgehead atoms. The first kappa shape index (κ1) is 11.4. The third kappa shape index (κ3) is 2.35. The summed E-state index contributed by atoms with van der Waals surface area (Å²) in [6.45, 7) is 4.01. The first-order valence-electron chi connectivity index (χ1n) is 6.24. The maximum atomic E-state index is 9.61. The molecule has 4 atom stereocenters. The zero-order valence-corrected chi connectivity index (χ0v) is 10.1. The molecule has 2 fully saturated rings. The van der Waals surface area contributed by atoms with Crippen LogP contribution >= 0.6 is 0 Å². The second-order valence-electron chi connectivity index (χ2n) is 5.41. The van der Waals surface area contributed by atoms with Gasteiger partial charge in [0.15, 0.2) is 0 Å². The summed E-state index contributed by atoms with van der Waals surface area (Å²) in [5.41, 5.74) is 0. The van der Waals surface area contributed by atoms with Gasteiger partial charge in [0.25, 0.3) is 0 Å². The highest BCUT2D eigenvalue weighted by Gasteiger charge is 2.36. The predicted octanol–water partition coefficient (Wildman–Crippen LogP) is 0.970. The molecule has 0 aliphatic carbocycles. The number of likely N-dealkylation sites (N-methyl/N-ethyl adjacent to an activating group) is 1. The molecule has 2 aliphatic heterocycles. The van der Waals surface area contributed by atoms with Crippen LogP contribution in [0.15, 0.2) is 0 Å². The van der Waals surface area contributed by atoms with Crippen LogP contribution in [-0.2, 0) is 0 Å². The van der Waals surface area contributed by atoms with Gasteiger partial charge in [0, 0.05) is 24.2 Å². The van der Waals surface area contributed by atoms with Gasteiger partial charge in [0.1, 0.15) is 0 Å². The van der Waals surface area contributed by atoms with Crippen molar-refractivity contribution < 1.29 is 5.11 Å². The van der Waals surface area contributed by atoms with Crippen LogP contribution < -0.4 is 5.32 Å². The summed E-state index contributed by atoms with van der Waals surface area (Å²) >= 11 is 0. The first-order valence-corrected chi connectivity index (χ1v) is 6.24. The van der Waals surface area contributed by atoms with E-state index >= 15 is 0 Å². The summed E-state index contributed by atoms with van der Waals surface area (Å²) in [6, 6.07) is 2.40. The minimum atomic E-state index is -0.234. The molecule has 0 aromatic rings. The Kier molecular flexibility index (Phi) is 3.33. The van der Waals surface area contributed by atoms with Crippen molar-refractivity contribution in [3.63, 3.8) is 0 Å². The number of hydrogen-bond donors (Lipinski definition) is 2. The van der Waals surface area contributed by atoms with E-state index in [0.717, 1.165) is 12.1 Å². The number of aliphatic hydroxyl groups excluding tert-OH is 1. The Morgan fingerprint density at radius 2 is 1.73 bits per heavy atom. The van der Waals surface area contributed by atoms with E-state index < -0.39 is 0 Å². The fraction of sp³-hybridized carbons (Fsp3) is 1.00. The van der Waals surface area contributed by atoms with Crippen molar-refractivity contribution in [2.75, 3.05) is 7.05 Å². The van der Waals surface area contributed by atoms with Crippen molar-refractivity contribution in [1.29, 1.82) is 0 Å². The van der Waals surface area contributed by atoms with Crippen LogP contribution in [0, 0.1) is 0 Å². The quantitative estimate of drug-likeness (QED) is 0.732. The Bertz CT molecular complexity index is 208. The summed E-state index contributed by atoms with van der Waals surface area (Å²) in [7, 11) is 2.16. The van der Waals surface area contributed by atoms with Gasteiger partial charge in [-0.05, 0) is 46.6 Å². The highest BCUT2D eigenvalue weighted by molar-refractivity contribution is 4.96. The second kappa shape index (κ2) is 4.40. The van der Waals surface area contributed by atoms with Gasteiger partial charge in [0.2, 0.25) is 0 Å². The smallest absolute Gasteiger partial charge is 0.0664 e. The minimum Gasteiger partial charge on any atom is -0.392 e. The molecule has 0 amide bonds. The number of hydrogen-bond acceptors (Lipinski definition) is 3. The molecule has 88 valence electrons. The summed E-state index contributed by atoms with van der Waals surface area (Å²) in [4.78, 5) is 2.37. The molecule has 4 unspecified atom stereocenters. The Morgan fingerprint density at radius 1 is 1.20 bits per heavy atom. The zero-order valence-electron chi connectivity index (χ0n) is 10.1. The van der Waals surface area contributed by atoms with Crippen LogP contribution in [0.1, 0.15) is 39.5 Å². The molecule has 0 aromatic carbocycles. The minimum absolute atomic E-state index is 0.234. The molecule has 3 nitrogen and oxygen atoms in total. The Hall–Kier alpha value is -0.120. The molecule has 2 rings (SSSR count). The van der Waals surface area contributed by atoms with Gasteiger partial charge >= 0.3 is 0 Å². The average molecular weight is 212 g/mol. The standard InChI is InChI=1S/C12H24N2O/c1-8(9(2)15)14(3)12-6-10-4-5-11(7-12)13-10/h8-13,15H,4-7H2,1-3H3. The fourth-order valence-electron chi connectivity index (χ4n) is 3.03. The number of nitrogens with one attached hydrogen (secondary N) is 1. The van der Waals surface area contributed by atoms with E-state index in [2.05, 4.69) is 24.2 Å². The topological polar surface area (TPSA) is 35.5 Å². The maximum absolute atomic E-state index is 9.61. The van der Waals surface area contributed by atoms with E-state index in [1.807, 2.05) is 6.92 Å². The van der Waals surface area contributed by atoms with Gasteiger partial charge < -0.3 is 10.4 Å². The molecule has 0 radical (unpaired) electrons. The Balaban J connectivity index is 1.93. The number of piperidine rings is 1. The SMILES string of the molecule is CC(O)C(C)N(C)C1CC2CCC(C1)N2. The van der Waals surface area contributed by atoms with Crippen molar-refractivity contribution in [2.45, 2.75) is 69.8 Å². The van der Waals surface area contributed by atoms with Crippen molar-refractivity contribution in [3.05, 3.63) is 0 Å². The molecule has 3 heteroatoms. The van der Waals surface area contributed by atoms with E-state index in [1.165, 1.54) is 25.7 Å².